The topological polar surface area (TPSA) is 61.0 Å². The third kappa shape index (κ3) is 3.45. The molecule has 114 valence electrons. The van der Waals surface area contributed by atoms with Crippen molar-refractivity contribution in [3.8, 4) is 0 Å². The summed E-state index contributed by atoms with van der Waals surface area (Å²) in [4.78, 5) is 19.9. The SMILES string of the molecule is CCNC(=O)N(C)Cc1nc2ccc(C(F)(F)F)cc2[nH]1. The molecule has 0 saturated heterocycles. The maximum Gasteiger partial charge on any atom is 0.416 e. The van der Waals surface area contributed by atoms with Crippen LogP contribution in [-0.2, 0) is 12.7 Å². The van der Waals surface area contributed by atoms with Gasteiger partial charge in [0.05, 0.1) is 23.1 Å². The number of H-pyrrole nitrogens is 1. The smallest absolute Gasteiger partial charge is 0.340 e. The van der Waals surface area contributed by atoms with Gasteiger partial charge in [0.1, 0.15) is 5.82 Å². The summed E-state index contributed by atoms with van der Waals surface area (Å²) in [5, 5.41) is 2.62. The first-order valence-electron chi connectivity index (χ1n) is 6.36. The number of halogens is 3. The van der Waals surface area contributed by atoms with Gasteiger partial charge in [0.25, 0.3) is 0 Å². The zero-order chi connectivity index (χ0) is 15.6. The van der Waals surface area contributed by atoms with Crippen LogP contribution in [0.1, 0.15) is 18.3 Å². The van der Waals surface area contributed by atoms with Gasteiger partial charge in [-0.25, -0.2) is 9.78 Å². The Hall–Kier alpha value is -2.25. The number of aromatic amines is 1. The molecule has 0 atom stereocenters. The molecular formula is C13H15F3N4O. The van der Waals surface area contributed by atoms with Crippen LogP contribution in [0.25, 0.3) is 11.0 Å². The van der Waals surface area contributed by atoms with E-state index in [1.165, 1.54) is 11.0 Å². The number of fused-ring (bicyclic) bond motifs is 1. The number of hydrogen-bond acceptors (Lipinski definition) is 2. The second kappa shape index (κ2) is 5.63. The number of alkyl halides is 3. The average Bonchev–Trinajstić information content (AvgIpc) is 2.78. The normalized spacial score (nSPS) is 11.7. The van der Waals surface area contributed by atoms with Crippen LogP contribution in [0.15, 0.2) is 18.2 Å². The van der Waals surface area contributed by atoms with Crippen molar-refractivity contribution in [1.29, 1.82) is 0 Å². The lowest BCUT2D eigenvalue weighted by Crippen LogP contribution is -2.36. The highest BCUT2D eigenvalue weighted by Crippen LogP contribution is 2.30. The van der Waals surface area contributed by atoms with Crippen molar-refractivity contribution in [2.24, 2.45) is 0 Å². The summed E-state index contributed by atoms with van der Waals surface area (Å²) in [6.45, 7) is 2.48. The van der Waals surface area contributed by atoms with Crippen LogP contribution < -0.4 is 5.32 Å². The van der Waals surface area contributed by atoms with Crippen LogP contribution in [0.2, 0.25) is 0 Å². The van der Waals surface area contributed by atoms with Gasteiger partial charge in [-0.2, -0.15) is 13.2 Å². The zero-order valence-electron chi connectivity index (χ0n) is 11.6. The first-order chi connectivity index (χ1) is 9.81. The molecule has 0 aliphatic heterocycles. The van der Waals surface area contributed by atoms with Gasteiger partial charge in [-0.15, -0.1) is 0 Å². The van der Waals surface area contributed by atoms with Gasteiger partial charge >= 0.3 is 12.2 Å². The van der Waals surface area contributed by atoms with Crippen LogP contribution in [0, 0.1) is 0 Å². The van der Waals surface area contributed by atoms with E-state index >= 15 is 0 Å². The number of aromatic nitrogens is 2. The fraction of sp³-hybridized carbons (Fsp3) is 0.385. The Morgan fingerprint density at radius 1 is 1.43 bits per heavy atom. The monoisotopic (exact) mass is 300 g/mol. The fourth-order valence-corrected chi connectivity index (χ4v) is 1.90. The second-order valence-corrected chi connectivity index (χ2v) is 4.60. The van der Waals surface area contributed by atoms with E-state index < -0.39 is 11.7 Å². The van der Waals surface area contributed by atoms with Crippen molar-refractivity contribution in [2.45, 2.75) is 19.6 Å². The Morgan fingerprint density at radius 2 is 2.14 bits per heavy atom. The Kier molecular flexibility index (Phi) is 4.06. The Bertz CT molecular complexity index is 650. The first-order valence-corrected chi connectivity index (χ1v) is 6.36. The minimum Gasteiger partial charge on any atom is -0.340 e. The minimum absolute atomic E-state index is 0.182. The number of rotatable bonds is 3. The number of hydrogen-bond donors (Lipinski definition) is 2. The molecule has 0 bridgehead atoms. The number of amides is 2. The lowest BCUT2D eigenvalue weighted by molar-refractivity contribution is -0.137. The third-order valence-corrected chi connectivity index (χ3v) is 2.92. The van der Waals surface area contributed by atoms with E-state index in [-0.39, 0.29) is 12.6 Å². The first kappa shape index (κ1) is 15.1. The highest BCUT2D eigenvalue weighted by Gasteiger charge is 2.30. The van der Waals surface area contributed by atoms with Crippen molar-refractivity contribution in [3.05, 3.63) is 29.6 Å². The number of carbonyl (C=O) groups excluding carboxylic acids is 1. The van der Waals surface area contributed by atoms with Crippen LogP contribution >= 0.6 is 0 Å². The zero-order valence-corrected chi connectivity index (χ0v) is 11.6. The summed E-state index contributed by atoms with van der Waals surface area (Å²) < 4.78 is 37.9. The number of benzene rings is 1. The molecule has 0 radical (unpaired) electrons. The summed E-state index contributed by atoms with van der Waals surface area (Å²) >= 11 is 0. The molecule has 0 aliphatic rings. The standard InChI is InChI=1S/C13H15F3N4O/c1-3-17-12(21)20(2)7-11-18-9-5-4-8(13(14,15)16)6-10(9)19-11/h4-6H,3,7H2,1-2H3,(H,17,21)(H,18,19). The van der Waals surface area contributed by atoms with Gasteiger partial charge in [0.2, 0.25) is 0 Å². The maximum absolute atomic E-state index is 12.6. The van der Waals surface area contributed by atoms with E-state index in [1.807, 2.05) is 0 Å². The largest absolute Gasteiger partial charge is 0.416 e. The molecule has 2 amide bonds. The van der Waals surface area contributed by atoms with Crippen LogP contribution in [0.4, 0.5) is 18.0 Å². The lowest BCUT2D eigenvalue weighted by atomic mass is 10.2. The fourth-order valence-electron chi connectivity index (χ4n) is 1.90. The highest BCUT2D eigenvalue weighted by molar-refractivity contribution is 5.76. The molecule has 1 aromatic carbocycles. The molecule has 2 N–H and O–H groups in total. The summed E-state index contributed by atoms with van der Waals surface area (Å²) in [5.41, 5.74) is -0.00583. The molecule has 0 saturated carbocycles. The van der Waals surface area contributed by atoms with Crippen LogP contribution in [-0.4, -0.2) is 34.5 Å². The van der Waals surface area contributed by atoms with E-state index in [0.717, 1.165) is 12.1 Å². The van der Waals surface area contributed by atoms with Gasteiger partial charge < -0.3 is 15.2 Å². The number of nitrogens with one attached hydrogen (secondary N) is 2. The molecule has 0 spiro atoms. The summed E-state index contributed by atoms with van der Waals surface area (Å²) in [7, 11) is 1.58. The second-order valence-electron chi connectivity index (χ2n) is 4.60. The number of nitrogens with zero attached hydrogens (tertiary/aromatic N) is 2. The van der Waals surface area contributed by atoms with Gasteiger partial charge in [-0.3, -0.25) is 0 Å². The maximum atomic E-state index is 12.6. The molecule has 8 heteroatoms. The molecule has 21 heavy (non-hydrogen) atoms. The molecule has 0 fully saturated rings. The Morgan fingerprint density at radius 3 is 2.76 bits per heavy atom. The van der Waals surface area contributed by atoms with Gasteiger partial charge in [-0.1, -0.05) is 0 Å². The van der Waals surface area contributed by atoms with E-state index in [0.29, 0.717) is 23.4 Å². The van der Waals surface area contributed by atoms with Crippen molar-refractivity contribution in [3.63, 3.8) is 0 Å². The van der Waals surface area contributed by atoms with E-state index in [4.69, 9.17) is 0 Å². The van der Waals surface area contributed by atoms with Crippen LogP contribution in [0.5, 0.6) is 0 Å². The minimum atomic E-state index is -4.39. The quantitative estimate of drug-likeness (QED) is 0.915. The lowest BCUT2D eigenvalue weighted by Gasteiger charge is -2.15. The molecule has 1 aromatic heterocycles. The molecule has 5 nitrogen and oxygen atoms in total. The summed E-state index contributed by atoms with van der Waals surface area (Å²) in [6, 6.07) is 3.04. The van der Waals surface area contributed by atoms with E-state index in [9.17, 15) is 18.0 Å². The number of carbonyl (C=O) groups is 1. The van der Waals surface area contributed by atoms with Crippen LogP contribution in [0.3, 0.4) is 0 Å². The predicted molar refractivity (Wildman–Crippen MR) is 71.6 cm³/mol. The van der Waals surface area contributed by atoms with Gasteiger partial charge in [0.15, 0.2) is 0 Å². The summed E-state index contributed by atoms with van der Waals surface area (Å²) in [6.07, 6.45) is -4.39. The predicted octanol–water partition coefficient (Wildman–Crippen LogP) is 2.74. The molecule has 2 aromatic rings. The van der Waals surface area contributed by atoms with E-state index in [2.05, 4.69) is 15.3 Å². The molecule has 1 heterocycles. The third-order valence-electron chi connectivity index (χ3n) is 2.92. The number of imidazole rings is 1. The molecular weight excluding hydrogens is 285 g/mol. The van der Waals surface area contributed by atoms with Crippen molar-refractivity contribution < 1.29 is 18.0 Å². The average molecular weight is 300 g/mol. The Labute approximate surface area is 119 Å². The van der Waals surface area contributed by atoms with Crippen molar-refractivity contribution in [1.82, 2.24) is 20.2 Å². The van der Waals surface area contributed by atoms with Gasteiger partial charge in [-0.05, 0) is 25.1 Å². The highest BCUT2D eigenvalue weighted by atomic mass is 19.4. The molecule has 2 rings (SSSR count). The molecule has 0 aliphatic carbocycles. The van der Waals surface area contributed by atoms with Gasteiger partial charge in [0, 0.05) is 13.6 Å². The van der Waals surface area contributed by atoms with E-state index in [1.54, 1.807) is 14.0 Å². The van der Waals surface area contributed by atoms with Crippen molar-refractivity contribution >= 4 is 17.1 Å². The van der Waals surface area contributed by atoms with Crippen molar-refractivity contribution in [2.75, 3.05) is 13.6 Å². The Balaban J connectivity index is 2.21. The molecule has 0 unspecified atom stereocenters. The number of urea groups is 1. The summed E-state index contributed by atoms with van der Waals surface area (Å²) in [5.74, 6) is 0.429.